The molecule has 2 aromatic rings. The van der Waals surface area contributed by atoms with E-state index in [1.807, 2.05) is 6.07 Å². The van der Waals surface area contributed by atoms with Gasteiger partial charge in [0.25, 0.3) is 0 Å². The number of hydrogen-bond donors (Lipinski definition) is 1. The van der Waals surface area contributed by atoms with Crippen LogP contribution in [0, 0.1) is 6.92 Å². The molecule has 2 heterocycles. The van der Waals surface area contributed by atoms with Crippen LogP contribution >= 0.6 is 0 Å². The van der Waals surface area contributed by atoms with Crippen LogP contribution in [0.5, 0.6) is 11.5 Å². The van der Waals surface area contributed by atoms with E-state index in [1.54, 1.807) is 23.1 Å². The molecule has 0 aromatic heterocycles. The number of ether oxygens (including phenoxy) is 2. The number of anilines is 2. The first kappa shape index (κ1) is 17.2. The van der Waals surface area contributed by atoms with Crippen LogP contribution in [0.4, 0.5) is 11.4 Å². The Bertz CT molecular complexity index is 875. The number of aryl methyl sites for hydroxylation is 1. The highest BCUT2D eigenvalue weighted by Gasteiger charge is 2.26. The number of rotatable bonds is 2. The molecule has 0 aliphatic carbocycles. The van der Waals surface area contributed by atoms with Crippen molar-refractivity contribution in [2.75, 3.05) is 43.2 Å². The molecule has 0 bridgehead atoms. The highest BCUT2D eigenvalue weighted by molar-refractivity contribution is 6.39. The maximum atomic E-state index is 12.5. The summed E-state index contributed by atoms with van der Waals surface area (Å²) in [6, 6.07) is 13.3. The zero-order valence-corrected chi connectivity index (χ0v) is 15.1. The maximum absolute atomic E-state index is 12.5. The Balaban J connectivity index is 1.34. The van der Waals surface area contributed by atoms with Crippen LogP contribution in [0.3, 0.4) is 0 Å². The highest BCUT2D eigenvalue weighted by Crippen LogP contribution is 2.34. The van der Waals surface area contributed by atoms with Gasteiger partial charge in [-0.25, -0.2) is 0 Å². The first-order chi connectivity index (χ1) is 13.1. The Morgan fingerprint density at radius 1 is 0.963 bits per heavy atom. The molecule has 2 aromatic carbocycles. The average molecular weight is 367 g/mol. The van der Waals surface area contributed by atoms with Gasteiger partial charge in [0.2, 0.25) is 6.79 Å². The van der Waals surface area contributed by atoms with Gasteiger partial charge in [-0.05, 0) is 36.8 Å². The Labute approximate surface area is 157 Å². The molecule has 1 N–H and O–H groups in total. The number of benzene rings is 2. The molecule has 1 saturated heterocycles. The van der Waals surface area contributed by atoms with Crippen LogP contribution in [0.25, 0.3) is 0 Å². The Kier molecular flexibility index (Phi) is 4.58. The summed E-state index contributed by atoms with van der Waals surface area (Å²) >= 11 is 0. The lowest BCUT2D eigenvalue weighted by molar-refractivity contribution is -0.143. The molecule has 2 amide bonds. The van der Waals surface area contributed by atoms with E-state index in [9.17, 15) is 9.59 Å². The number of fused-ring (bicyclic) bond motifs is 1. The standard InChI is InChI=1S/C20H21N3O4/c1-14-3-2-4-16(11-14)22-7-9-23(10-8-22)20(25)19(24)21-15-5-6-17-18(12-15)27-13-26-17/h2-6,11-12H,7-10,13H2,1H3,(H,21,24). The zero-order chi connectivity index (χ0) is 18.8. The highest BCUT2D eigenvalue weighted by atomic mass is 16.7. The smallest absolute Gasteiger partial charge is 0.313 e. The first-order valence-electron chi connectivity index (χ1n) is 8.92. The predicted octanol–water partition coefficient (Wildman–Crippen LogP) is 2.01. The fourth-order valence-electron chi connectivity index (χ4n) is 3.29. The summed E-state index contributed by atoms with van der Waals surface area (Å²) in [7, 11) is 0. The predicted molar refractivity (Wildman–Crippen MR) is 101 cm³/mol. The second-order valence-electron chi connectivity index (χ2n) is 6.64. The number of piperazine rings is 1. The molecule has 0 radical (unpaired) electrons. The van der Waals surface area contributed by atoms with Gasteiger partial charge in [-0.3, -0.25) is 9.59 Å². The summed E-state index contributed by atoms with van der Waals surface area (Å²) in [5.41, 5.74) is 2.86. The molecular formula is C20H21N3O4. The molecule has 0 atom stereocenters. The third-order valence-corrected chi connectivity index (χ3v) is 4.76. The minimum atomic E-state index is -0.641. The normalized spacial score (nSPS) is 15.6. The molecule has 7 nitrogen and oxygen atoms in total. The van der Waals surface area contributed by atoms with Crippen LogP contribution in [0.2, 0.25) is 0 Å². The summed E-state index contributed by atoms with van der Waals surface area (Å²) in [5.74, 6) is 0.0352. The van der Waals surface area contributed by atoms with Crippen molar-refractivity contribution in [3.05, 3.63) is 48.0 Å². The molecule has 27 heavy (non-hydrogen) atoms. The van der Waals surface area contributed by atoms with E-state index in [0.29, 0.717) is 43.4 Å². The van der Waals surface area contributed by atoms with Crippen molar-refractivity contribution in [2.24, 2.45) is 0 Å². The SMILES string of the molecule is Cc1cccc(N2CCN(C(=O)C(=O)Nc3ccc4c(c3)OCO4)CC2)c1. The number of hydrogen-bond acceptors (Lipinski definition) is 5. The van der Waals surface area contributed by atoms with Gasteiger partial charge in [-0.1, -0.05) is 12.1 Å². The second-order valence-corrected chi connectivity index (χ2v) is 6.64. The molecule has 2 aliphatic heterocycles. The van der Waals surface area contributed by atoms with Gasteiger partial charge in [0.15, 0.2) is 11.5 Å². The lowest BCUT2D eigenvalue weighted by Crippen LogP contribution is -2.51. The monoisotopic (exact) mass is 367 g/mol. The molecule has 2 aliphatic rings. The number of amides is 2. The lowest BCUT2D eigenvalue weighted by atomic mass is 10.2. The van der Waals surface area contributed by atoms with Crippen molar-refractivity contribution in [2.45, 2.75) is 6.92 Å². The largest absolute Gasteiger partial charge is 0.454 e. The first-order valence-corrected chi connectivity index (χ1v) is 8.92. The van der Waals surface area contributed by atoms with Crippen molar-refractivity contribution in [3.8, 4) is 11.5 Å². The van der Waals surface area contributed by atoms with Crippen LogP contribution in [0.1, 0.15) is 5.56 Å². The minimum Gasteiger partial charge on any atom is -0.454 e. The number of nitrogens with zero attached hydrogens (tertiary/aromatic N) is 2. The van der Waals surface area contributed by atoms with E-state index in [0.717, 1.165) is 5.69 Å². The van der Waals surface area contributed by atoms with Crippen LogP contribution in [0.15, 0.2) is 42.5 Å². The van der Waals surface area contributed by atoms with Crippen molar-refractivity contribution < 1.29 is 19.1 Å². The minimum absolute atomic E-state index is 0.164. The van der Waals surface area contributed by atoms with E-state index >= 15 is 0 Å². The van der Waals surface area contributed by atoms with Crippen LogP contribution in [-0.4, -0.2) is 49.7 Å². The van der Waals surface area contributed by atoms with Gasteiger partial charge >= 0.3 is 11.8 Å². The molecule has 0 spiro atoms. The van der Waals surface area contributed by atoms with E-state index in [-0.39, 0.29) is 6.79 Å². The average Bonchev–Trinajstić information content (AvgIpc) is 3.15. The van der Waals surface area contributed by atoms with Crippen molar-refractivity contribution >= 4 is 23.2 Å². The van der Waals surface area contributed by atoms with Crippen LogP contribution < -0.4 is 19.7 Å². The van der Waals surface area contributed by atoms with Gasteiger partial charge in [-0.15, -0.1) is 0 Å². The molecular weight excluding hydrogens is 346 g/mol. The number of nitrogens with one attached hydrogen (secondary N) is 1. The number of carbonyl (C=O) groups is 2. The van der Waals surface area contributed by atoms with Gasteiger partial charge in [0, 0.05) is 43.6 Å². The van der Waals surface area contributed by atoms with Gasteiger partial charge in [0.1, 0.15) is 0 Å². The van der Waals surface area contributed by atoms with E-state index in [2.05, 4.69) is 35.3 Å². The van der Waals surface area contributed by atoms with Gasteiger partial charge in [0.05, 0.1) is 0 Å². The van der Waals surface area contributed by atoms with Crippen molar-refractivity contribution in [1.82, 2.24) is 4.90 Å². The van der Waals surface area contributed by atoms with E-state index in [4.69, 9.17) is 9.47 Å². The van der Waals surface area contributed by atoms with Crippen molar-refractivity contribution in [1.29, 1.82) is 0 Å². The lowest BCUT2D eigenvalue weighted by Gasteiger charge is -2.35. The fourth-order valence-corrected chi connectivity index (χ4v) is 3.29. The number of carbonyl (C=O) groups excluding carboxylic acids is 2. The zero-order valence-electron chi connectivity index (χ0n) is 15.1. The fraction of sp³-hybridized carbons (Fsp3) is 0.300. The Hall–Kier alpha value is -3.22. The summed E-state index contributed by atoms with van der Waals surface area (Å²) in [6.45, 7) is 4.66. The molecule has 0 unspecified atom stereocenters. The van der Waals surface area contributed by atoms with E-state index in [1.165, 1.54) is 5.56 Å². The van der Waals surface area contributed by atoms with E-state index < -0.39 is 11.8 Å². The Morgan fingerprint density at radius 3 is 2.52 bits per heavy atom. The van der Waals surface area contributed by atoms with Gasteiger partial charge < -0.3 is 24.6 Å². The molecule has 140 valence electrons. The third kappa shape index (κ3) is 3.67. The van der Waals surface area contributed by atoms with Crippen molar-refractivity contribution in [3.63, 3.8) is 0 Å². The third-order valence-electron chi connectivity index (χ3n) is 4.76. The maximum Gasteiger partial charge on any atom is 0.313 e. The van der Waals surface area contributed by atoms with Crippen LogP contribution in [-0.2, 0) is 9.59 Å². The summed E-state index contributed by atoms with van der Waals surface area (Å²) in [6.07, 6.45) is 0. The molecule has 7 heteroatoms. The van der Waals surface area contributed by atoms with Gasteiger partial charge in [-0.2, -0.15) is 0 Å². The second kappa shape index (κ2) is 7.19. The molecule has 4 rings (SSSR count). The molecule has 1 fully saturated rings. The Morgan fingerprint density at radius 2 is 1.74 bits per heavy atom. The topological polar surface area (TPSA) is 71.1 Å². The summed E-state index contributed by atoms with van der Waals surface area (Å²) in [5, 5.41) is 2.64. The molecule has 0 saturated carbocycles. The quantitative estimate of drug-likeness (QED) is 0.823. The summed E-state index contributed by atoms with van der Waals surface area (Å²) < 4.78 is 10.5. The summed E-state index contributed by atoms with van der Waals surface area (Å²) in [4.78, 5) is 28.6.